The number of benzene rings is 1. The minimum Gasteiger partial charge on any atom is -0.368 e. The topological polar surface area (TPSA) is 109 Å². The average molecular weight is 416 g/mol. The molecule has 0 saturated carbocycles. The van der Waals surface area contributed by atoms with Crippen molar-refractivity contribution in [3.05, 3.63) is 57.8 Å². The van der Waals surface area contributed by atoms with Crippen molar-refractivity contribution in [2.75, 3.05) is 19.6 Å². The van der Waals surface area contributed by atoms with E-state index in [1.807, 2.05) is 19.1 Å². The molecule has 2 amide bonds. The number of primary amides is 1. The number of hydrogen-bond donors (Lipinski definition) is 4. The molecule has 0 radical (unpaired) electrons. The summed E-state index contributed by atoms with van der Waals surface area (Å²) in [7, 11) is 0. The van der Waals surface area contributed by atoms with Crippen LogP contribution in [0, 0.1) is 5.92 Å². The third-order valence-electron chi connectivity index (χ3n) is 4.15. The van der Waals surface area contributed by atoms with Crippen molar-refractivity contribution in [3.8, 4) is 0 Å². The van der Waals surface area contributed by atoms with Gasteiger partial charge in [0, 0.05) is 23.5 Å². The van der Waals surface area contributed by atoms with E-state index in [9.17, 15) is 9.59 Å². The quantitative estimate of drug-likeness (QED) is 0.351. The molecule has 156 valence electrons. The normalized spacial score (nSPS) is 12.3. The third-order valence-corrected chi connectivity index (χ3v) is 5.05. The summed E-state index contributed by atoms with van der Waals surface area (Å²) in [6, 6.07) is 11.4. The molecule has 0 aliphatic carbocycles. The van der Waals surface area contributed by atoms with E-state index < -0.39 is 5.91 Å². The Morgan fingerprint density at radius 2 is 1.90 bits per heavy atom. The van der Waals surface area contributed by atoms with E-state index in [2.05, 4.69) is 45.4 Å². The second-order valence-corrected chi connectivity index (χ2v) is 7.84. The molecular weight excluding hydrogens is 386 g/mol. The van der Waals surface area contributed by atoms with E-state index in [1.54, 1.807) is 23.5 Å². The predicted octanol–water partition coefficient (Wildman–Crippen LogP) is 1.90. The fraction of sp³-hybridized carbons (Fsp3) is 0.381. The van der Waals surface area contributed by atoms with Crippen molar-refractivity contribution in [1.29, 1.82) is 0 Å². The number of carbonyl (C=O) groups excluding carboxylic acids is 2. The molecule has 5 N–H and O–H groups in total. The van der Waals surface area contributed by atoms with E-state index >= 15 is 0 Å². The molecule has 1 atom stereocenters. The molecule has 7 nitrogen and oxygen atoms in total. The number of nitrogens with one attached hydrogen (secondary N) is 3. The van der Waals surface area contributed by atoms with Gasteiger partial charge in [0.25, 0.3) is 5.91 Å². The Kier molecular flexibility index (Phi) is 9.17. The van der Waals surface area contributed by atoms with Crippen molar-refractivity contribution in [2.24, 2.45) is 16.6 Å². The number of nitrogens with two attached hydrogens (primary N) is 1. The van der Waals surface area contributed by atoms with Crippen LogP contribution in [0.15, 0.2) is 46.8 Å². The van der Waals surface area contributed by atoms with Crippen molar-refractivity contribution in [2.45, 2.75) is 26.8 Å². The molecule has 0 fully saturated rings. The summed E-state index contributed by atoms with van der Waals surface area (Å²) < 4.78 is 0. The molecule has 8 heteroatoms. The summed E-state index contributed by atoms with van der Waals surface area (Å²) in [5.74, 6) is 0.371. The highest BCUT2D eigenvalue weighted by atomic mass is 32.1. The molecule has 0 spiro atoms. The summed E-state index contributed by atoms with van der Waals surface area (Å²) in [6.45, 7) is 6.20. The first-order valence-electron chi connectivity index (χ1n) is 9.68. The minimum atomic E-state index is -0.572. The zero-order valence-electron chi connectivity index (χ0n) is 16.9. The first-order chi connectivity index (χ1) is 14.0. The SMILES string of the molecule is CCNC(=NCc1ccc(C(=O)NCC(N)=O)cc1)NCC(C)Cc1cccs1. The van der Waals surface area contributed by atoms with Gasteiger partial charge in [-0.25, -0.2) is 4.99 Å². The zero-order valence-corrected chi connectivity index (χ0v) is 17.7. The Hall–Kier alpha value is -2.87. The van der Waals surface area contributed by atoms with Crippen LogP contribution >= 0.6 is 11.3 Å². The van der Waals surface area contributed by atoms with Crippen LogP contribution in [-0.2, 0) is 17.8 Å². The maximum atomic E-state index is 11.9. The van der Waals surface area contributed by atoms with Gasteiger partial charge in [-0.05, 0) is 48.4 Å². The highest BCUT2D eigenvalue weighted by molar-refractivity contribution is 7.09. The summed E-state index contributed by atoms with van der Waals surface area (Å²) in [6.07, 6.45) is 1.04. The first-order valence-corrected chi connectivity index (χ1v) is 10.6. The van der Waals surface area contributed by atoms with Gasteiger partial charge < -0.3 is 21.7 Å². The van der Waals surface area contributed by atoms with E-state index in [4.69, 9.17) is 5.73 Å². The second kappa shape index (κ2) is 11.9. The summed E-state index contributed by atoms with van der Waals surface area (Å²) in [5.41, 5.74) is 6.50. The van der Waals surface area contributed by atoms with Gasteiger partial charge in [0.2, 0.25) is 5.91 Å². The number of guanidine groups is 1. The Balaban J connectivity index is 1.86. The van der Waals surface area contributed by atoms with Gasteiger partial charge in [0.05, 0.1) is 13.1 Å². The Morgan fingerprint density at radius 3 is 2.52 bits per heavy atom. The van der Waals surface area contributed by atoms with Crippen molar-refractivity contribution in [1.82, 2.24) is 16.0 Å². The van der Waals surface area contributed by atoms with Crippen molar-refractivity contribution >= 4 is 29.1 Å². The standard InChI is InChI=1S/C21H29N5O2S/c1-3-23-21(25-12-15(2)11-18-5-4-10-29-18)26-13-16-6-8-17(9-7-16)20(28)24-14-19(22)27/h4-10,15H,3,11-14H2,1-2H3,(H2,22,27)(H,24,28)(H2,23,25,26). The van der Waals surface area contributed by atoms with Gasteiger partial charge in [-0.1, -0.05) is 25.1 Å². The molecule has 29 heavy (non-hydrogen) atoms. The van der Waals surface area contributed by atoms with Gasteiger partial charge in [0.1, 0.15) is 0 Å². The third kappa shape index (κ3) is 8.35. The lowest BCUT2D eigenvalue weighted by atomic mass is 10.1. The molecule has 1 aromatic carbocycles. The van der Waals surface area contributed by atoms with Crippen LogP contribution in [0.1, 0.15) is 34.6 Å². The molecule has 1 unspecified atom stereocenters. The molecule has 1 aromatic heterocycles. The summed E-state index contributed by atoms with van der Waals surface area (Å²) in [4.78, 5) is 28.7. The fourth-order valence-electron chi connectivity index (χ4n) is 2.66. The number of carbonyl (C=O) groups is 2. The van der Waals surface area contributed by atoms with Crippen molar-refractivity contribution < 1.29 is 9.59 Å². The fourth-order valence-corrected chi connectivity index (χ4v) is 3.53. The monoisotopic (exact) mass is 415 g/mol. The number of rotatable bonds is 10. The molecule has 1 heterocycles. The molecule has 2 aromatic rings. The lowest BCUT2D eigenvalue weighted by molar-refractivity contribution is -0.117. The van der Waals surface area contributed by atoms with E-state index in [-0.39, 0.29) is 12.5 Å². The van der Waals surface area contributed by atoms with Crippen LogP contribution in [0.4, 0.5) is 0 Å². The Morgan fingerprint density at radius 1 is 1.14 bits per heavy atom. The van der Waals surface area contributed by atoms with E-state index in [1.165, 1.54) is 4.88 Å². The minimum absolute atomic E-state index is 0.173. The second-order valence-electron chi connectivity index (χ2n) is 6.81. The van der Waals surface area contributed by atoms with E-state index in [0.717, 1.165) is 31.0 Å². The number of amides is 2. The van der Waals surface area contributed by atoms with Crippen LogP contribution in [0.3, 0.4) is 0 Å². The highest BCUT2D eigenvalue weighted by Crippen LogP contribution is 2.13. The molecule has 2 rings (SSSR count). The smallest absolute Gasteiger partial charge is 0.251 e. The Labute approximate surface area is 175 Å². The van der Waals surface area contributed by atoms with Crippen LogP contribution in [0.25, 0.3) is 0 Å². The van der Waals surface area contributed by atoms with Crippen LogP contribution in [0.5, 0.6) is 0 Å². The van der Waals surface area contributed by atoms with Crippen LogP contribution in [0.2, 0.25) is 0 Å². The zero-order chi connectivity index (χ0) is 21.1. The maximum absolute atomic E-state index is 11.9. The molecule has 0 aliphatic rings. The van der Waals surface area contributed by atoms with E-state index in [0.29, 0.717) is 18.0 Å². The first kappa shape index (κ1) is 22.4. The molecule has 0 bridgehead atoms. The van der Waals surface area contributed by atoms with Crippen LogP contribution < -0.4 is 21.7 Å². The largest absolute Gasteiger partial charge is 0.368 e. The number of thiophene rings is 1. The highest BCUT2D eigenvalue weighted by Gasteiger charge is 2.08. The van der Waals surface area contributed by atoms with Gasteiger partial charge >= 0.3 is 0 Å². The van der Waals surface area contributed by atoms with Gasteiger partial charge in [-0.15, -0.1) is 11.3 Å². The predicted molar refractivity (Wildman–Crippen MR) is 118 cm³/mol. The molecule has 0 aliphatic heterocycles. The lowest BCUT2D eigenvalue weighted by Gasteiger charge is -2.15. The Bertz CT molecular complexity index is 803. The van der Waals surface area contributed by atoms with Crippen molar-refractivity contribution in [3.63, 3.8) is 0 Å². The van der Waals surface area contributed by atoms with Gasteiger partial charge in [-0.3, -0.25) is 9.59 Å². The molecular formula is C21H29N5O2S. The maximum Gasteiger partial charge on any atom is 0.251 e. The van der Waals surface area contributed by atoms with Crippen LogP contribution in [-0.4, -0.2) is 37.4 Å². The summed E-state index contributed by atoms with van der Waals surface area (Å²) >= 11 is 1.79. The average Bonchev–Trinajstić information content (AvgIpc) is 3.21. The number of nitrogens with zero attached hydrogens (tertiary/aromatic N) is 1. The molecule has 0 saturated heterocycles. The van der Waals surface area contributed by atoms with Gasteiger partial charge in [0.15, 0.2) is 5.96 Å². The summed E-state index contributed by atoms with van der Waals surface area (Å²) in [5, 5.41) is 11.2. The van der Waals surface area contributed by atoms with Gasteiger partial charge in [-0.2, -0.15) is 0 Å². The number of hydrogen-bond acceptors (Lipinski definition) is 4. The number of aliphatic imine (C=N–C) groups is 1. The lowest BCUT2D eigenvalue weighted by Crippen LogP contribution is -2.39.